The summed E-state index contributed by atoms with van der Waals surface area (Å²) in [5.74, 6) is -0.175. The Morgan fingerprint density at radius 2 is 2.18 bits per heavy atom. The monoisotopic (exact) mass is 231 g/mol. The van der Waals surface area contributed by atoms with E-state index in [9.17, 15) is 4.79 Å². The number of aromatic amines is 1. The van der Waals surface area contributed by atoms with Crippen molar-refractivity contribution in [2.24, 2.45) is 0 Å². The number of aryl methyl sites for hydroxylation is 1. The van der Waals surface area contributed by atoms with Gasteiger partial charge in [-0.15, -0.1) is 10.2 Å². The van der Waals surface area contributed by atoms with Crippen LogP contribution in [0.25, 0.3) is 0 Å². The predicted octanol–water partition coefficient (Wildman–Crippen LogP) is 1.17. The van der Waals surface area contributed by atoms with Crippen LogP contribution < -0.4 is 4.90 Å². The lowest BCUT2D eigenvalue weighted by atomic mass is 10.2. The molecule has 2 aromatic rings. The Labute approximate surface area is 98.6 Å². The van der Waals surface area contributed by atoms with Crippen molar-refractivity contribution >= 4 is 11.6 Å². The molecule has 0 fully saturated rings. The molecule has 0 radical (unpaired) electrons. The van der Waals surface area contributed by atoms with E-state index < -0.39 is 0 Å². The normalized spacial score (nSPS) is 10.2. The highest BCUT2D eigenvalue weighted by Gasteiger charge is 2.20. The van der Waals surface area contributed by atoms with E-state index in [4.69, 9.17) is 0 Å². The molecule has 1 amide bonds. The van der Waals surface area contributed by atoms with Crippen LogP contribution in [0, 0.1) is 6.92 Å². The highest BCUT2D eigenvalue weighted by molar-refractivity contribution is 6.03. The molecule has 0 spiro atoms. The van der Waals surface area contributed by atoms with Crippen molar-refractivity contribution in [1.29, 1.82) is 0 Å². The molecule has 17 heavy (non-hydrogen) atoms. The van der Waals surface area contributed by atoms with Crippen molar-refractivity contribution in [2.75, 3.05) is 11.4 Å². The minimum absolute atomic E-state index is 0.0788. The maximum atomic E-state index is 12.1. The first-order valence-corrected chi connectivity index (χ1v) is 5.35. The fraction of sp³-hybridized carbons (Fsp3) is 0.273. The molecule has 0 unspecified atom stereocenters. The Hall–Kier alpha value is -2.24. The average Bonchev–Trinajstić information content (AvgIpc) is 2.86. The van der Waals surface area contributed by atoms with Gasteiger partial charge in [0.1, 0.15) is 0 Å². The summed E-state index contributed by atoms with van der Waals surface area (Å²) in [6, 6.07) is 7.69. The van der Waals surface area contributed by atoms with Crippen LogP contribution in [0.3, 0.4) is 0 Å². The molecule has 88 valence electrons. The van der Waals surface area contributed by atoms with E-state index in [2.05, 4.69) is 20.6 Å². The van der Waals surface area contributed by atoms with E-state index in [1.807, 2.05) is 38.1 Å². The highest BCUT2D eigenvalue weighted by Crippen LogP contribution is 2.20. The Morgan fingerprint density at radius 3 is 2.76 bits per heavy atom. The second kappa shape index (κ2) is 4.73. The zero-order chi connectivity index (χ0) is 12.3. The summed E-state index contributed by atoms with van der Waals surface area (Å²) in [5, 5.41) is 13.1. The van der Waals surface area contributed by atoms with Gasteiger partial charge >= 0.3 is 0 Å². The largest absolute Gasteiger partial charge is 0.306 e. The van der Waals surface area contributed by atoms with Crippen molar-refractivity contribution in [3.8, 4) is 0 Å². The molecule has 6 heteroatoms. The number of carbonyl (C=O) groups excluding carboxylic acids is 1. The third kappa shape index (κ3) is 2.15. The van der Waals surface area contributed by atoms with Crippen molar-refractivity contribution < 1.29 is 4.79 Å². The van der Waals surface area contributed by atoms with Gasteiger partial charge in [-0.3, -0.25) is 4.79 Å². The average molecular weight is 231 g/mol. The zero-order valence-corrected chi connectivity index (χ0v) is 9.71. The standard InChI is InChI=1S/C11H13N5O/c1-3-16(9-7-5-4-6-8(9)2)11(17)10-12-14-15-13-10/h4-7H,3H2,1-2H3,(H,12,13,14,15). The number of aromatic nitrogens is 4. The number of H-pyrrole nitrogens is 1. The molecular formula is C11H13N5O. The summed E-state index contributed by atoms with van der Waals surface area (Å²) in [4.78, 5) is 13.8. The number of nitrogens with zero attached hydrogens (tertiary/aromatic N) is 4. The molecule has 0 atom stereocenters. The molecule has 2 rings (SSSR count). The molecule has 0 saturated heterocycles. The molecule has 0 bridgehead atoms. The number of nitrogens with one attached hydrogen (secondary N) is 1. The van der Waals surface area contributed by atoms with Gasteiger partial charge < -0.3 is 4.90 Å². The fourth-order valence-corrected chi connectivity index (χ4v) is 1.66. The molecule has 1 aromatic heterocycles. The topological polar surface area (TPSA) is 74.8 Å². The van der Waals surface area contributed by atoms with E-state index in [1.165, 1.54) is 0 Å². The van der Waals surface area contributed by atoms with Gasteiger partial charge in [0.15, 0.2) is 0 Å². The number of hydrogen-bond acceptors (Lipinski definition) is 4. The minimum atomic E-state index is -0.254. The van der Waals surface area contributed by atoms with Crippen molar-refractivity contribution in [1.82, 2.24) is 20.6 Å². The highest BCUT2D eigenvalue weighted by atomic mass is 16.2. The van der Waals surface area contributed by atoms with Gasteiger partial charge in [-0.05, 0) is 30.7 Å². The third-order valence-corrected chi connectivity index (χ3v) is 2.50. The number of amides is 1. The lowest BCUT2D eigenvalue weighted by molar-refractivity contribution is 0.0978. The first-order chi connectivity index (χ1) is 8.24. The smallest absolute Gasteiger partial charge is 0.299 e. The maximum absolute atomic E-state index is 12.1. The van der Waals surface area contributed by atoms with Crippen molar-refractivity contribution in [2.45, 2.75) is 13.8 Å². The van der Waals surface area contributed by atoms with Gasteiger partial charge in [0.2, 0.25) is 0 Å². The van der Waals surface area contributed by atoms with E-state index in [0.29, 0.717) is 6.54 Å². The molecule has 1 heterocycles. The molecule has 0 aliphatic rings. The molecule has 1 N–H and O–H groups in total. The second-order valence-electron chi connectivity index (χ2n) is 3.57. The SMILES string of the molecule is CCN(C(=O)c1nn[nH]n1)c1ccccc1C. The number of para-hydroxylation sites is 1. The number of benzene rings is 1. The number of hydrogen-bond donors (Lipinski definition) is 1. The fourth-order valence-electron chi connectivity index (χ4n) is 1.66. The molecule has 0 aliphatic carbocycles. The molecule has 0 aliphatic heterocycles. The van der Waals surface area contributed by atoms with Crippen LogP contribution in [0.15, 0.2) is 24.3 Å². The summed E-state index contributed by atoms with van der Waals surface area (Å²) in [7, 11) is 0. The summed E-state index contributed by atoms with van der Waals surface area (Å²) in [5.41, 5.74) is 1.90. The van der Waals surface area contributed by atoms with Crippen LogP contribution in [0.4, 0.5) is 5.69 Å². The second-order valence-corrected chi connectivity index (χ2v) is 3.57. The van der Waals surface area contributed by atoms with E-state index in [-0.39, 0.29) is 11.7 Å². The number of carbonyl (C=O) groups is 1. The Bertz CT molecular complexity index is 508. The number of rotatable bonds is 3. The van der Waals surface area contributed by atoms with E-state index in [1.54, 1.807) is 4.90 Å². The predicted molar refractivity (Wildman–Crippen MR) is 62.7 cm³/mol. The van der Waals surface area contributed by atoms with Crippen LogP contribution in [-0.2, 0) is 0 Å². The van der Waals surface area contributed by atoms with Crippen LogP contribution in [-0.4, -0.2) is 33.1 Å². The molecular weight excluding hydrogens is 218 g/mol. The Balaban J connectivity index is 2.35. The first-order valence-electron chi connectivity index (χ1n) is 5.35. The van der Waals surface area contributed by atoms with Crippen molar-refractivity contribution in [3.63, 3.8) is 0 Å². The summed E-state index contributed by atoms with van der Waals surface area (Å²) < 4.78 is 0. The quantitative estimate of drug-likeness (QED) is 0.860. The lowest BCUT2D eigenvalue weighted by Gasteiger charge is -2.21. The van der Waals surface area contributed by atoms with Crippen LogP contribution in [0.1, 0.15) is 23.1 Å². The van der Waals surface area contributed by atoms with Gasteiger partial charge in [-0.25, -0.2) is 0 Å². The van der Waals surface area contributed by atoms with E-state index in [0.717, 1.165) is 11.3 Å². The van der Waals surface area contributed by atoms with Gasteiger partial charge in [0.25, 0.3) is 11.7 Å². The maximum Gasteiger partial charge on any atom is 0.299 e. The Morgan fingerprint density at radius 1 is 1.41 bits per heavy atom. The molecule has 6 nitrogen and oxygen atoms in total. The first kappa shape index (κ1) is 11.3. The van der Waals surface area contributed by atoms with E-state index >= 15 is 0 Å². The zero-order valence-electron chi connectivity index (χ0n) is 9.71. The van der Waals surface area contributed by atoms with Crippen molar-refractivity contribution in [3.05, 3.63) is 35.7 Å². The van der Waals surface area contributed by atoms with Gasteiger partial charge in [0.05, 0.1) is 0 Å². The van der Waals surface area contributed by atoms with Gasteiger partial charge in [0, 0.05) is 12.2 Å². The number of anilines is 1. The summed E-state index contributed by atoms with van der Waals surface area (Å²) in [6.45, 7) is 4.42. The van der Waals surface area contributed by atoms with Gasteiger partial charge in [-0.1, -0.05) is 18.2 Å². The minimum Gasteiger partial charge on any atom is -0.306 e. The van der Waals surface area contributed by atoms with Crippen LogP contribution in [0.5, 0.6) is 0 Å². The lowest BCUT2D eigenvalue weighted by Crippen LogP contribution is -2.32. The molecule has 1 aromatic carbocycles. The third-order valence-electron chi connectivity index (χ3n) is 2.50. The van der Waals surface area contributed by atoms with Crippen LogP contribution >= 0.6 is 0 Å². The molecule has 0 saturated carbocycles. The summed E-state index contributed by atoms with van der Waals surface area (Å²) in [6.07, 6.45) is 0. The van der Waals surface area contributed by atoms with Crippen LogP contribution in [0.2, 0.25) is 0 Å². The number of tetrazole rings is 1. The summed E-state index contributed by atoms with van der Waals surface area (Å²) >= 11 is 0. The Kier molecular flexibility index (Phi) is 3.13. The van der Waals surface area contributed by atoms with Gasteiger partial charge in [-0.2, -0.15) is 5.21 Å².